The van der Waals surface area contributed by atoms with E-state index >= 15 is 0 Å². The van der Waals surface area contributed by atoms with Gasteiger partial charge in [0.25, 0.3) is 11.5 Å². The van der Waals surface area contributed by atoms with Crippen molar-refractivity contribution in [1.29, 1.82) is 0 Å². The van der Waals surface area contributed by atoms with Crippen LogP contribution in [0.3, 0.4) is 0 Å². The number of fused-ring (bicyclic) bond motifs is 1. The molecule has 2 aromatic heterocycles. The first kappa shape index (κ1) is 17.1. The fourth-order valence-corrected chi connectivity index (χ4v) is 3.91. The van der Waals surface area contributed by atoms with Crippen LogP contribution in [0.5, 0.6) is 0 Å². The highest BCUT2D eigenvalue weighted by molar-refractivity contribution is 7.22. The maximum absolute atomic E-state index is 12.6. The fourth-order valence-electron chi connectivity index (χ4n) is 2.87. The predicted octanol–water partition coefficient (Wildman–Crippen LogP) is 3.71. The molecule has 0 aliphatic heterocycles. The van der Waals surface area contributed by atoms with Crippen molar-refractivity contribution in [3.8, 4) is 5.69 Å². The second kappa shape index (κ2) is 6.77. The minimum Gasteiger partial charge on any atom is -0.296 e. The van der Waals surface area contributed by atoms with Crippen molar-refractivity contribution in [2.24, 2.45) is 0 Å². The van der Waals surface area contributed by atoms with Gasteiger partial charge >= 0.3 is 0 Å². The Morgan fingerprint density at radius 2 is 1.85 bits per heavy atom. The van der Waals surface area contributed by atoms with Gasteiger partial charge in [0.1, 0.15) is 5.69 Å². The number of para-hydroxylation sites is 1. The topological polar surface area (TPSA) is 76.9 Å². The molecule has 6 nitrogen and oxygen atoms in total. The Bertz CT molecular complexity index is 1210. The van der Waals surface area contributed by atoms with Gasteiger partial charge in [-0.1, -0.05) is 35.6 Å². The second-order valence-corrected chi connectivity index (χ2v) is 7.24. The van der Waals surface area contributed by atoms with E-state index in [4.69, 9.17) is 0 Å². The van der Waals surface area contributed by atoms with Crippen LogP contribution >= 0.6 is 11.3 Å². The highest BCUT2D eigenvalue weighted by Crippen LogP contribution is 2.29. The van der Waals surface area contributed by atoms with Crippen molar-refractivity contribution in [3.63, 3.8) is 0 Å². The minimum atomic E-state index is -0.409. The van der Waals surface area contributed by atoms with Crippen LogP contribution in [0.2, 0.25) is 0 Å². The van der Waals surface area contributed by atoms with Gasteiger partial charge in [0.05, 0.1) is 15.9 Å². The number of aromatic nitrogens is 3. The van der Waals surface area contributed by atoms with Crippen LogP contribution in [0, 0.1) is 13.8 Å². The Labute approximate surface area is 159 Å². The molecule has 0 aliphatic rings. The van der Waals surface area contributed by atoms with Gasteiger partial charge in [0.15, 0.2) is 5.13 Å². The Morgan fingerprint density at radius 3 is 2.63 bits per heavy atom. The summed E-state index contributed by atoms with van der Waals surface area (Å²) in [5.41, 5.74) is 3.54. The van der Waals surface area contributed by atoms with Crippen molar-refractivity contribution in [2.45, 2.75) is 13.8 Å². The number of thiazole rings is 1. The minimum absolute atomic E-state index is 0.144. The molecular weight excluding hydrogens is 360 g/mol. The highest BCUT2D eigenvalue weighted by Gasteiger charge is 2.14. The summed E-state index contributed by atoms with van der Waals surface area (Å²) in [6.07, 6.45) is 0. The molecule has 1 amide bonds. The van der Waals surface area contributed by atoms with Crippen LogP contribution in [-0.4, -0.2) is 20.7 Å². The Balaban J connectivity index is 1.66. The summed E-state index contributed by atoms with van der Waals surface area (Å²) in [4.78, 5) is 29.2. The first-order valence-electron chi connectivity index (χ1n) is 8.36. The zero-order valence-corrected chi connectivity index (χ0v) is 15.6. The van der Waals surface area contributed by atoms with Gasteiger partial charge in [0.2, 0.25) is 0 Å². The molecule has 0 aliphatic carbocycles. The lowest BCUT2D eigenvalue weighted by molar-refractivity contribution is 0.102. The number of benzene rings is 2. The number of hydrogen-bond acceptors (Lipinski definition) is 5. The van der Waals surface area contributed by atoms with Gasteiger partial charge < -0.3 is 0 Å². The molecule has 2 heterocycles. The van der Waals surface area contributed by atoms with Crippen molar-refractivity contribution in [1.82, 2.24) is 14.8 Å². The zero-order valence-electron chi connectivity index (χ0n) is 14.8. The summed E-state index contributed by atoms with van der Waals surface area (Å²) >= 11 is 1.41. The summed E-state index contributed by atoms with van der Waals surface area (Å²) in [6, 6.07) is 15.8. The Hall–Kier alpha value is -3.32. The molecule has 0 fully saturated rings. The molecule has 0 atom stereocenters. The molecule has 134 valence electrons. The van der Waals surface area contributed by atoms with Gasteiger partial charge in [-0.15, -0.1) is 0 Å². The number of carbonyl (C=O) groups excluding carboxylic acids is 1. The third-order valence-electron chi connectivity index (χ3n) is 4.08. The molecule has 0 bridgehead atoms. The molecule has 0 spiro atoms. The van der Waals surface area contributed by atoms with Gasteiger partial charge in [-0.05, 0) is 49.2 Å². The summed E-state index contributed by atoms with van der Waals surface area (Å²) in [7, 11) is 0. The predicted molar refractivity (Wildman–Crippen MR) is 107 cm³/mol. The fraction of sp³-hybridized carbons (Fsp3) is 0.100. The molecule has 0 saturated carbocycles. The number of hydrogen-bond donors (Lipinski definition) is 1. The van der Waals surface area contributed by atoms with Crippen LogP contribution in [-0.2, 0) is 0 Å². The number of nitrogens with one attached hydrogen (secondary N) is 1. The van der Waals surface area contributed by atoms with Crippen molar-refractivity contribution in [2.75, 3.05) is 5.32 Å². The maximum atomic E-state index is 12.6. The Morgan fingerprint density at radius 1 is 1.07 bits per heavy atom. The van der Waals surface area contributed by atoms with E-state index in [2.05, 4.69) is 21.5 Å². The molecule has 0 saturated heterocycles. The van der Waals surface area contributed by atoms with E-state index in [9.17, 15) is 9.59 Å². The maximum Gasteiger partial charge on any atom is 0.277 e. The number of rotatable bonds is 3. The summed E-state index contributed by atoms with van der Waals surface area (Å²) in [5.74, 6) is -0.409. The van der Waals surface area contributed by atoms with Gasteiger partial charge in [-0.2, -0.15) is 9.78 Å². The standard InChI is InChI=1S/C20H16N4O2S/c1-12-10-13(2)18-16(11-12)27-20(21-18)22-19(26)15-8-9-17(25)24(23-15)14-6-4-3-5-7-14/h3-11H,1-2H3,(H,21,22,26). The average Bonchev–Trinajstić information content (AvgIpc) is 3.05. The lowest BCUT2D eigenvalue weighted by Crippen LogP contribution is -2.24. The normalized spacial score (nSPS) is 10.9. The van der Waals surface area contributed by atoms with E-state index in [-0.39, 0.29) is 11.3 Å². The van der Waals surface area contributed by atoms with E-state index in [0.717, 1.165) is 21.3 Å². The summed E-state index contributed by atoms with van der Waals surface area (Å²) < 4.78 is 2.23. The molecule has 2 aromatic carbocycles. The molecule has 4 aromatic rings. The lowest BCUT2D eigenvalue weighted by Gasteiger charge is -2.06. The average molecular weight is 376 g/mol. The van der Waals surface area contributed by atoms with Gasteiger partial charge in [-0.3, -0.25) is 14.9 Å². The van der Waals surface area contributed by atoms with Crippen molar-refractivity contribution < 1.29 is 4.79 Å². The number of carbonyl (C=O) groups is 1. The van der Waals surface area contributed by atoms with E-state index in [1.54, 1.807) is 12.1 Å². The van der Waals surface area contributed by atoms with Crippen molar-refractivity contribution in [3.05, 3.63) is 81.8 Å². The van der Waals surface area contributed by atoms with Crippen LogP contribution in [0.25, 0.3) is 15.9 Å². The first-order valence-corrected chi connectivity index (χ1v) is 9.18. The van der Waals surface area contributed by atoms with Crippen molar-refractivity contribution >= 4 is 32.6 Å². The number of aryl methyl sites for hydroxylation is 2. The Kier molecular flexibility index (Phi) is 4.29. The molecule has 4 rings (SSSR count). The zero-order chi connectivity index (χ0) is 19.0. The first-order chi connectivity index (χ1) is 13.0. The second-order valence-electron chi connectivity index (χ2n) is 6.21. The van der Waals surface area contributed by atoms with E-state index in [1.807, 2.05) is 38.1 Å². The van der Waals surface area contributed by atoms with Crippen LogP contribution < -0.4 is 10.9 Å². The molecule has 7 heteroatoms. The lowest BCUT2D eigenvalue weighted by atomic mass is 10.1. The monoisotopic (exact) mass is 376 g/mol. The number of nitrogens with zero attached hydrogens (tertiary/aromatic N) is 3. The molecule has 27 heavy (non-hydrogen) atoms. The molecule has 0 unspecified atom stereocenters. The van der Waals surface area contributed by atoms with Crippen LogP contribution in [0.4, 0.5) is 5.13 Å². The highest BCUT2D eigenvalue weighted by atomic mass is 32.1. The largest absolute Gasteiger partial charge is 0.296 e. The smallest absolute Gasteiger partial charge is 0.277 e. The van der Waals surface area contributed by atoms with E-state index < -0.39 is 5.91 Å². The van der Waals surface area contributed by atoms with E-state index in [1.165, 1.54) is 28.2 Å². The summed E-state index contributed by atoms with van der Waals surface area (Å²) in [6.45, 7) is 4.03. The molecular formula is C20H16N4O2S. The third kappa shape index (κ3) is 3.37. The van der Waals surface area contributed by atoms with E-state index in [0.29, 0.717) is 10.8 Å². The van der Waals surface area contributed by atoms with Crippen LogP contribution in [0.1, 0.15) is 21.6 Å². The summed E-state index contributed by atoms with van der Waals surface area (Å²) in [5, 5.41) is 7.48. The third-order valence-corrected chi connectivity index (χ3v) is 5.00. The number of amides is 1. The quantitative estimate of drug-likeness (QED) is 0.591. The molecule has 0 radical (unpaired) electrons. The number of anilines is 1. The van der Waals surface area contributed by atoms with Gasteiger partial charge in [-0.25, -0.2) is 4.98 Å². The SMILES string of the molecule is Cc1cc(C)c2nc(NC(=O)c3ccc(=O)n(-c4ccccc4)n3)sc2c1. The van der Waals surface area contributed by atoms with Gasteiger partial charge in [0, 0.05) is 6.07 Å². The molecule has 1 N–H and O–H groups in total. The van der Waals surface area contributed by atoms with Crippen LogP contribution in [0.15, 0.2) is 59.4 Å².